The lowest BCUT2D eigenvalue weighted by Gasteiger charge is -2.39. The Bertz CT molecular complexity index is 4360. The van der Waals surface area contributed by atoms with Crippen LogP contribution in [0.15, 0.2) is 78.9 Å². The SMILES string of the molecule is Cc1ccc(CC(=O)N[C@@H](Cc2cc(F)cc(F)c2)C(=O)N[C@H]2COC(=O)C3C[C@H](C)CN3C(=O)[C@H](C)NC(=O)C3CCCCN3C(=O)C3CCCN3C2=O)cc1C.Cc1ccc(CC(=O)N[C@@H](Cc2cc(F)cc(F)c2)C(=O)N[C@H]2COC(=O)C3C[C@H](F)CN3C(=O)[C@H](C)NC(=O)C3CCCCN3C(=O)C3CCCN3C2=O)cc1. The van der Waals surface area contributed by atoms with E-state index in [2.05, 4.69) is 31.9 Å². The number of piperidine rings is 2. The van der Waals surface area contributed by atoms with Crippen molar-refractivity contribution in [1.82, 2.24) is 61.3 Å². The van der Waals surface area contributed by atoms with Gasteiger partial charge in [0.25, 0.3) is 0 Å². The molecule has 0 saturated carbocycles. The van der Waals surface area contributed by atoms with Gasteiger partial charge in [-0.25, -0.2) is 31.5 Å². The van der Waals surface area contributed by atoms with E-state index in [-0.39, 0.29) is 88.3 Å². The number of benzene rings is 4. The Kier molecular flexibility index (Phi) is 27.8. The van der Waals surface area contributed by atoms with Gasteiger partial charge in [0.1, 0.15) is 115 Å². The summed E-state index contributed by atoms with van der Waals surface area (Å²) >= 11 is 0. The molecule has 4 aromatic carbocycles. The number of carbonyl (C=O) groups excluding carboxylic acids is 14. The average Bonchev–Trinajstić information content (AvgIpc) is 1.74. The molecule has 0 aromatic heterocycles. The largest absolute Gasteiger partial charge is 0.461 e. The van der Waals surface area contributed by atoms with Crippen LogP contribution in [0.25, 0.3) is 0 Å². The fourth-order valence-corrected chi connectivity index (χ4v) is 16.5. The molecule has 115 heavy (non-hydrogen) atoms. The van der Waals surface area contributed by atoms with E-state index in [1.54, 1.807) is 30.3 Å². The summed E-state index contributed by atoms with van der Waals surface area (Å²) in [4.78, 5) is 202. The monoisotopic (exact) mass is 1600 g/mol. The van der Waals surface area contributed by atoms with Crippen molar-refractivity contribution in [2.45, 2.75) is 223 Å². The average molecular weight is 1600 g/mol. The van der Waals surface area contributed by atoms with Crippen LogP contribution >= 0.6 is 0 Å². The normalized spacial score (nSPS) is 26.4. The Balaban J connectivity index is 0.000000226. The zero-order chi connectivity index (χ0) is 82.8. The van der Waals surface area contributed by atoms with E-state index in [4.69, 9.17) is 9.47 Å². The first-order valence-electron chi connectivity index (χ1n) is 39.4. The molecule has 618 valence electrons. The van der Waals surface area contributed by atoms with Crippen molar-refractivity contribution in [3.8, 4) is 0 Å². The van der Waals surface area contributed by atoms with Gasteiger partial charge >= 0.3 is 11.9 Å². The molecule has 8 aliphatic rings. The summed E-state index contributed by atoms with van der Waals surface area (Å²) < 4.78 is 83.2. The lowest BCUT2D eigenvalue weighted by Crippen LogP contribution is -2.62. The first-order chi connectivity index (χ1) is 54.8. The van der Waals surface area contributed by atoms with Crippen molar-refractivity contribution >= 4 is 82.8 Å². The van der Waals surface area contributed by atoms with Crippen molar-refractivity contribution in [3.05, 3.63) is 141 Å². The molecule has 28 nitrogen and oxygen atoms in total. The highest BCUT2D eigenvalue weighted by Gasteiger charge is 2.50. The smallest absolute Gasteiger partial charge is 0.329 e. The molecule has 4 aromatic rings. The van der Waals surface area contributed by atoms with E-state index in [0.29, 0.717) is 74.6 Å². The molecule has 12 amide bonds. The van der Waals surface area contributed by atoms with Gasteiger partial charge in [-0.15, -0.1) is 0 Å². The number of rotatable bonds is 14. The molecule has 8 aliphatic heterocycles. The fraction of sp³-hybridized carbons (Fsp3) is 0.537. The molecule has 14 atom stereocenters. The van der Waals surface area contributed by atoms with Crippen LogP contribution in [-0.2, 0) is 102 Å². The number of hydrogen-bond donors (Lipinski definition) is 6. The topological polar surface area (TPSA) is 349 Å². The van der Waals surface area contributed by atoms with Gasteiger partial charge in [0.05, 0.1) is 19.4 Å². The lowest BCUT2D eigenvalue weighted by atomic mass is 9.99. The number of alkyl halides is 1. The molecule has 0 spiro atoms. The minimum Gasteiger partial charge on any atom is -0.461 e. The second-order valence-electron chi connectivity index (χ2n) is 31.5. The standard InChI is InChI=1S/C42H52F2N6O8.C40H47F3N6O8/c1-23-14-35-42(57)58-22-32(47-37(52)31(18-28-16-29(43)20-30(44)17-28)46-36(51)19-27-11-10-24(2)25(3)15-27)40(55)49-13-7-9-34(49)41(56)48-12-6-5-8-33(48)38(53)45-26(4)39(54)50(35)21-23;1-22-8-10-24(11-9-22)17-34(50)45-29(16-25-14-26(41)18-27(42)15-25)35(51)46-30-21-57-40(56)33-19-28(43)20-49(33)37(53)23(2)44-36(52)31-6-3-4-12-47(31)39(55)32-7-5-13-48(32)38(30)54/h10-11,15-17,20,23,26,31-35H,5-9,12-14,18-19,21-22H2,1-4H3,(H,45,53)(H,46,51)(H,47,52);8-11,14-15,18,23,28-33H,3-7,12-13,16-17,19-21H2,1-2H3,(H,44,52)(H,45,50)(H,46,51)/t23-,26-,31-,32-,33?,34?,35?;23-,28-,29-,30-,31?,32?,33?/m00/s1. The summed E-state index contributed by atoms with van der Waals surface area (Å²) in [5.41, 5.74) is 4.29. The fourth-order valence-electron chi connectivity index (χ4n) is 16.5. The molecule has 8 heterocycles. The number of fused-ring (bicyclic) bond motifs is 6. The van der Waals surface area contributed by atoms with Gasteiger partial charge < -0.3 is 70.8 Å². The van der Waals surface area contributed by atoms with E-state index in [1.165, 1.54) is 38.3 Å². The van der Waals surface area contributed by atoms with Gasteiger partial charge in [0.2, 0.25) is 70.9 Å². The van der Waals surface area contributed by atoms with Crippen LogP contribution in [0.3, 0.4) is 0 Å². The summed E-state index contributed by atoms with van der Waals surface area (Å²) in [6.07, 6.45) is 1.77. The Morgan fingerprint density at radius 2 is 0.835 bits per heavy atom. The highest BCUT2D eigenvalue weighted by Crippen LogP contribution is 2.32. The van der Waals surface area contributed by atoms with Crippen molar-refractivity contribution in [2.24, 2.45) is 5.92 Å². The molecule has 6 unspecified atom stereocenters. The van der Waals surface area contributed by atoms with Crippen LogP contribution in [0.1, 0.15) is 137 Å². The Morgan fingerprint density at radius 1 is 0.435 bits per heavy atom. The number of carbonyl (C=O) groups is 14. The van der Waals surface area contributed by atoms with Crippen LogP contribution in [-0.4, -0.2) is 243 Å². The van der Waals surface area contributed by atoms with Gasteiger partial charge in [-0.2, -0.15) is 0 Å². The molecule has 12 rings (SSSR count). The summed E-state index contributed by atoms with van der Waals surface area (Å²) in [6, 6.07) is 3.28. The Labute approximate surface area is 662 Å². The first-order valence-corrected chi connectivity index (χ1v) is 39.4. The van der Waals surface area contributed by atoms with Crippen molar-refractivity contribution in [1.29, 1.82) is 0 Å². The maximum Gasteiger partial charge on any atom is 0.329 e. The number of amides is 12. The minimum absolute atomic E-state index is 0.0188. The first kappa shape index (κ1) is 85.0. The number of aryl methyl sites for hydroxylation is 3. The summed E-state index contributed by atoms with van der Waals surface area (Å²) in [5.74, 6) is -13.5. The second-order valence-corrected chi connectivity index (χ2v) is 31.5. The number of ether oxygens (including phenoxy) is 2. The molecule has 0 bridgehead atoms. The number of nitrogens with one attached hydrogen (secondary N) is 6. The van der Waals surface area contributed by atoms with E-state index < -0.39 is 217 Å². The van der Waals surface area contributed by atoms with E-state index in [9.17, 15) is 89.1 Å². The van der Waals surface area contributed by atoms with Gasteiger partial charge in [0, 0.05) is 64.1 Å². The highest BCUT2D eigenvalue weighted by molar-refractivity contribution is 6.00. The van der Waals surface area contributed by atoms with Crippen LogP contribution in [0.2, 0.25) is 0 Å². The number of hydrogen-bond acceptors (Lipinski definition) is 16. The maximum atomic E-state index is 14.8. The van der Waals surface area contributed by atoms with Gasteiger partial charge in [-0.05, 0) is 169 Å². The summed E-state index contributed by atoms with van der Waals surface area (Å²) in [6.45, 7) is 9.50. The molecular weight excluding hydrogens is 1500 g/mol. The molecule has 0 radical (unpaired) electrons. The van der Waals surface area contributed by atoms with Crippen LogP contribution in [0, 0.1) is 50.0 Å². The number of cyclic esters (lactones) is 2. The van der Waals surface area contributed by atoms with Crippen molar-refractivity contribution in [3.63, 3.8) is 0 Å². The Hall–Kier alpha value is -10.9. The van der Waals surface area contributed by atoms with E-state index in [1.807, 2.05) is 39.8 Å². The molecule has 6 N–H and O–H groups in total. The third-order valence-corrected chi connectivity index (χ3v) is 22.6. The van der Waals surface area contributed by atoms with Gasteiger partial charge in [-0.1, -0.05) is 55.0 Å². The predicted octanol–water partition coefficient (Wildman–Crippen LogP) is 3.41. The third kappa shape index (κ3) is 21.0. The summed E-state index contributed by atoms with van der Waals surface area (Å²) in [7, 11) is 0. The molecule has 8 saturated heterocycles. The zero-order valence-corrected chi connectivity index (χ0v) is 65.2. The van der Waals surface area contributed by atoms with Gasteiger partial charge in [0.15, 0.2) is 0 Å². The highest BCUT2D eigenvalue weighted by atomic mass is 19.1. The van der Waals surface area contributed by atoms with Gasteiger partial charge in [-0.3, -0.25) is 57.5 Å². The Morgan fingerprint density at radius 3 is 1.29 bits per heavy atom. The van der Waals surface area contributed by atoms with E-state index in [0.717, 1.165) is 45.9 Å². The van der Waals surface area contributed by atoms with Crippen LogP contribution in [0.4, 0.5) is 22.0 Å². The van der Waals surface area contributed by atoms with Crippen molar-refractivity contribution in [2.75, 3.05) is 52.5 Å². The molecule has 8 fully saturated rings. The third-order valence-electron chi connectivity index (χ3n) is 22.6. The minimum atomic E-state index is -1.66. The number of nitrogens with zero attached hydrogens (tertiary/aromatic N) is 6. The zero-order valence-electron chi connectivity index (χ0n) is 65.2. The summed E-state index contributed by atoms with van der Waals surface area (Å²) in [5, 5.41) is 15.8. The predicted molar refractivity (Wildman–Crippen MR) is 402 cm³/mol. The van der Waals surface area contributed by atoms with Crippen LogP contribution in [0.5, 0.6) is 0 Å². The van der Waals surface area contributed by atoms with Crippen molar-refractivity contribution < 1.29 is 98.5 Å². The second kappa shape index (κ2) is 37.6. The van der Waals surface area contributed by atoms with E-state index >= 15 is 0 Å². The van der Waals surface area contributed by atoms with Crippen LogP contribution < -0.4 is 31.9 Å². The quantitative estimate of drug-likeness (QED) is 0.0778. The molecule has 0 aliphatic carbocycles. The maximum absolute atomic E-state index is 14.8. The lowest BCUT2D eigenvalue weighted by molar-refractivity contribution is -0.158. The molecule has 33 heteroatoms. The molecular formula is C82H99F5N12O16. The number of halogens is 5. The number of esters is 2.